The molecule has 1 saturated heterocycles. The Balaban J connectivity index is 2.11. The standard InChI is InChI=1S/C15H27ClN4/c1-4-11-9-19(8-7-12(11)17)10-14-15(16)13(5-2)18-20(14)6-3/h11-12H,4-10,17H2,1-3H3. The fraction of sp³-hybridized carbons (Fsp3) is 0.800. The largest absolute Gasteiger partial charge is 0.327 e. The maximum absolute atomic E-state index is 6.49. The first-order chi connectivity index (χ1) is 9.60. The van der Waals surface area contributed by atoms with E-state index in [1.165, 1.54) is 0 Å². The SMILES string of the molecule is CCc1nn(CC)c(CN2CCC(N)C(CC)C2)c1Cl. The van der Waals surface area contributed by atoms with Gasteiger partial charge in [-0.25, -0.2) is 0 Å². The molecule has 0 amide bonds. The van der Waals surface area contributed by atoms with Crippen LogP contribution in [0.2, 0.25) is 5.02 Å². The van der Waals surface area contributed by atoms with E-state index in [1.54, 1.807) is 0 Å². The van der Waals surface area contributed by atoms with Crippen LogP contribution in [0.15, 0.2) is 0 Å². The highest BCUT2D eigenvalue weighted by Gasteiger charge is 2.27. The van der Waals surface area contributed by atoms with Crippen molar-refractivity contribution in [1.82, 2.24) is 14.7 Å². The molecule has 2 N–H and O–H groups in total. The molecule has 2 rings (SSSR count). The number of hydrogen-bond donors (Lipinski definition) is 1. The first kappa shape index (κ1) is 15.8. The highest BCUT2D eigenvalue weighted by molar-refractivity contribution is 6.31. The molecule has 4 nitrogen and oxygen atoms in total. The molecule has 0 spiro atoms. The Morgan fingerprint density at radius 2 is 2.10 bits per heavy atom. The average molecular weight is 299 g/mol. The van der Waals surface area contributed by atoms with Crippen LogP contribution in [0.4, 0.5) is 0 Å². The lowest BCUT2D eigenvalue weighted by atomic mass is 9.90. The number of nitrogens with two attached hydrogens (primary N) is 1. The zero-order valence-electron chi connectivity index (χ0n) is 12.9. The Morgan fingerprint density at radius 1 is 1.35 bits per heavy atom. The van der Waals surface area contributed by atoms with Crippen LogP contribution in [0.5, 0.6) is 0 Å². The third kappa shape index (κ3) is 3.18. The molecule has 0 saturated carbocycles. The summed E-state index contributed by atoms with van der Waals surface area (Å²) in [5.74, 6) is 0.603. The lowest BCUT2D eigenvalue weighted by Crippen LogP contribution is -2.46. The minimum Gasteiger partial charge on any atom is -0.327 e. The van der Waals surface area contributed by atoms with Gasteiger partial charge < -0.3 is 5.73 Å². The molecular weight excluding hydrogens is 272 g/mol. The van der Waals surface area contributed by atoms with Crippen LogP contribution < -0.4 is 5.73 Å². The molecule has 1 aromatic heterocycles. The average Bonchev–Trinajstić information content (AvgIpc) is 2.77. The van der Waals surface area contributed by atoms with Crippen molar-refractivity contribution in [3.05, 3.63) is 16.4 Å². The Kier molecular flexibility index (Phi) is 5.47. The lowest BCUT2D eigenvalue weighted by Gasteiger charge is -2.36. The number of hydrogen-bond acceptors (Lipinski definition) is 3. The second kappa shape index (κ2) is 6.92. The molecule has 1 aliphatic rings. The van der Waals surface area contributed by atoms with E-state index in [9.17, 15) is 0 Å². The van der Waals surface area contributed by atoms with Gasteiger partial charge >= 0.3 is 0 Å². The second-order valence-corrected chi connectivity index (χ2v) is 6.11. The van der Waals surface area contributed by atoms with Crippen molar-refractivity contribution < 1.29 is 0 Å². The summed E-state index contributed by atoms with van der Waals surface area (Å²) in [7, 11) is 0. The number of likely N-dealkylation sites (tertiary alicyclic amines) is 1. The first-order valence-corrected chi connectivity index (χ1v) is 8.20. The summed E-state index contributed by atoms with van der Waals surface area (Å²) in [5.41, 5.74) is 8.37. The number of rotatable bonds is 5. The van der Waals surface area contributed by atoms with E-state index in [0.29, 0.717) is 12.0 Å². The van der Waals surface area contributed by atoms with Crippen LogP contribution in [0.25, 0.3) is 0 Å². The third-order valence-corrected chi connectivity index (χ3v) is 4.91. The van der Waals surface area contributed by atoms with Gasteiger partial charge in [-0.1, -0.05) is 31.9 Å². The van der Waals surface area contributed by atoms with Gasteiger partial charge in [-0.2, -0.15) is 5.10 Å². The van der Waals surface area contributed by atoms with Crippen molar-refractivity contribution in [3.63, 3.8) is 0 Å². The molecule has 2 atom stereocenters. The fourth-order valence-electron chi connectivity index (χ4n) is 3.08. The summed E-state index contributed by atoms with van der Waals surface area (Å²) in [4.78, 5) is 2.48. The molecule has 2 heterocycles. The van der Waals surface area contributed by atoms with Crippen LogP contribution in [0.3, 0.4) is 0 Å². The maximum Gasteiger partial charge on any atom is 0.0863 e. The van der Waals surface area contributed by atoms with E-state index in [4.69, 9.17) is 17.3 Å². The first-order valence-electron chi connectivity index (χ1n) is 7.82. The highest BCUT2D eigenvalue weighted by atomic mass is 35.5. The maximum atomic E-state index is 6.49. The van der Waals surface area contributed by atoms with Crippen molar-refractivity contribution in [2.45, 2.75) is 59.2 Å². The molecule has 1 fully saturated rings. The number of halogens is 1. The van der Waals surface area contributed by atoms with E-state index in [-0.39, 0.29) is 0 Å². The number of aromatic nitrogens is 2. The van der Waals surface area contributed by atoms with E-state index in [0.717, 1.165) is 61.9 Å². The molecule has 20 heavy (non-hydrogen) atoms. The van der Waals surface area contributed by atoms with Gasteiger partial charge in [0.15, 0.2) is 0 Å². The quantitative estimate of drug-likeness (QED) is 0.909. The number of piperidine rings is 1. The Labute approximate surface area is 127 Å². The zero-order chi connectivity index (χ0) is 14.7. The summed E-state index contributed by atoms with van der Waals surface area (Å²) in [6.07, 6.45) is 3.12. The molecule has 1 aliphatic heterocycles. The van der Waals surface area contributed by atoms with Crippen LogP contribution in [-0.4, -0.2) is 33.8 Å². The fourth-order valence-corrected chi connectivity index (χ4v) is 3.41. The molecule has 0 bridgehead atoms. The molecule has 0 aromatic carbocycles. The van der Waals surface area contributed by atoms with Gasteiger partial charge in [-0.05, 0) is 25.7 Å². The van der Waals surface area contributed by atoms with E-state index in [1.807, 2.05) is 0 Å². The molecule has 2 unspecified atom stereocenters. The predicted molar refractivity (Wildman–Crippen MR) is 83.9 cm³/mol. The van der Waals surface area contributed by atoms with Crippen molar-refractivity contribution in [1.29, 1.82) is 0 Å². The van der Waals surface area contributed by atoms with Gasteiger partial charge in [-0.15, -0.1) is 0 Å². The van der Waals surface area contributed by atoms with E-state index in [2.05, 4.69) is 35.5 Å². The Morgan fingerprint density at radius 3 is 2.70 bits per heavy atom. The van der Waals surface area contributed by atoms with Gasteiger partial charge in [-0.3, -0.25) is 9.58 Å². The molecule has 5 heteroatoms. The molecule has 1 aromatic rings. The second-order valence-electron chi connectivity index (χ2n) is 5.73. The Hall–Kier alpha value is -0.580. The molecule has 0 aliphatic carbocycles. The highest BCUT2D eigenvalue weighted by Crippen LogP contribution is 2.26. The summed E-state index contributed by atoms with van der Waals surface area (Å²) in [5, 5.41) is 5.46. The minimum atomic E-state index is 0.356. The minimum absolute atomic E-state index is 0.356. The smallest absolute Gasteiger partial charge is 0.0863 e. The van der Waals surface area contributed by atoms with Gasteiger partial charge in [0.25, 0.3) is 0 Å². The zero-order valence-corrected chi connectivity index (χ0v) is 13.7. The van der Waals surface area contributed by atoms with Crippen molar-refractivity contribution in [3.8, 4) is 0 Å². The molecular formula is C15H27ClN4. The van der Waals surface area contributed by atoms with Crippen LogP contribution in [0.1, 0.15) is 45.0 Å². The van der Waals surface area contributed by atoms with Gasteiger partial charge in [0, 0.05) is 32.2 Å². The molecule has 114 valence electrons. The van der Waals surface area contributed by atoms with Gasteiger partial charge in [0.2, 0.25) is 0 Å². The summed E-state index contributed by atoms with van der Waals surface area (Å²) in [6, 6.07) is 0.356. The summed E-state index contributed by atoms with van der Waals surface area (Å²) < 4.78 is 2.05. The van der Waals surface area contributed by atoms with Gasteiger partial charge in [0.1, 0.15) is 0 Å². The summed E-state index contributed by atoms with van der Waals surface area (Å²) in [6.45, 7) is 10.3. The monoisotopic (exact) mass is 298 g/mol. The van der Waals surface area contributed by atoms with Crippen molar-refractivity contribution in [2.24, 2.45) is 11.7 Å². The third-order valence-electron chi connectivity index (χ3n) is 4.47. The predicted octanol–water partition coefficient (Wildman–Crippen LogP) is 2.68. The number of aryl methyl sites for hydroxylation is 2. The van der Waals surface area contributed by atoms with Crippen LogP contribution >= 0.6 is 11.6 Å². The normalized spacial score (nSPS) is 24.2. The van der Waals surface area contributed by atoms with E-state index >= 15 is 0 Å². The number of nitrogens with zero attached hydrogens (tertiary/aromatic N) is 3. The Bertz CT molecular complexity index is 443. The van der Waals surface area contributed by atoms with Crippen molar-refractivity contribution in [2.75, 3.05) is 13.1 Å². The summed E-state index contributed by atoms with van der Waals surface area (Å²) >= 11 is 6.49. The lowest BCUT2D eigenvalue weighted by molar-refractivity contribution is 0.142. The van der Waals surface area contributed by atoms with Gasteiger partial charge in [0.05, 0.1) is 16.4 Å². The topological polar surface area (TPSA) is 47.1 Å². The van der Waals surface area contributed by atoms with Crippen LogP contribution in [0, 0.1) is 5.92 Å². The van der Waals surface area contributed by atoms with Crippen molar-refractivity contribution >= 4 is 11.6 Å². The molecule has 0 radical (unpaired) electrons. The van der Waals surface area contributed by atoms with E-state index < -0.39 is 0 Å². The van der Waals surface area contributed by atoms with Crippen LogP contribution in [-0.2, 0) is 19.5 Å².